The van der Waals surface area contributed by atoms with Crippen LogP contribution in [0.15, 0.2) is 0 Å². The van der Waals surface area contributed by atoms with E-state index in [0.717, 1.165) is 25.7 Å². The van der Waals surface area contributed by atoms with Gasteiger partial charge < -0.3 is 0 Å². The molecule has 0 aromatic heterocycles. The molecule has 10 heteroatoms. The van der Waals surface area contributed by atoms with E-state index in [1.807, 2.05) is 6.92 Å². The molecule has 0 saturated carbocycles. The van der Waals surface area contributed by atoms with Crippen LogP contribution in [0.25, 0.3) is 0 Å². The Labute approximate surface area is 136 Å². The molecule has 0 aliphatic rings. The molecular formula is C12H20F6O2S2. The van der Waals surface area contributed by atoms with Crippen LogP contribution in [0.3, 0.4) is 0 Å². The highest BCUT2D eigenvalue weighted by molar-refractivity contribution is 7.85. The molecule has 0 aliphatic carbocycles. The minimum atomic E-state index is -5.32. The second kappa shape index (κ2) is 9.48. The Balaban J connectivity index is 4.53. The number of halogens is 6. The summed E-state index contributed by atoms with van der Waals surface area (Å²) in [4.78, 5) is 0. The SMILES string of the molecule is CCCCCCCCC(S)C(S)(OC(F)(F)F)OC(F)(F)F. The van der Waals surface area contributed by atoms with E-state index in [1.54, 1.807) is 0 Å². The zero-order valence-corrected chi connectivity index (χ0v) is 13.8. The molecule has 1 unspecified atom stereocenters. The van der Waals surface area contributed by atoms with E-state index < -0.39 is 23.1 Å². The monoisotopic (exact) mass is 374 g/mol. The van der Waals surface area contributed by atoms with Gasteiger partial charge in [0.25, 0.3) is 0 Å². The van der Waals surface area contributed by atoms with Crippen LogP contribution in [0.1, 0.15) is 51.9 Å². The highest BCUT2D eigenvalue weighted by atomic mass is 32.1. The summed E-state index contributed by atoms with van der Waals surface area (Å²) in [6, 6.07) is 0. The van der Waals surface area contributed by atoms with Gasteiger partial charge in [0.15, 0.2) is 0 Å². The van der Waals surface area contributed by atoms with Crippen molar-refractivity contribution in [1.82, 2.24) is 0 Å². The summed E-state index contributed by atoms with van der Waals surface area (Å²) in [5.41, 5.74) is 0. The van der Waals surface area contributed by atoms with Crippen LogP contribution in [0.5, 0.6) is 0 Å². The second-order valence-corrected chi connectivity index (χ2v) is 6.05. The average Bonchev–Trinajstić information content (AvgIpc) is 2.28. The first-order chi connectivity index (χ1) is 9.90. The van der Waals surface area contributed by atoms with Gasteiger partial charge in [-0.1, -0.05) is 45.4 Å². The third kappa shape index (κ3) is 10.8. The highest BCUT2D eigenvalue weighted by Gasteiger charge is 2.52. The van der Waals surface area contributed by atoms with Gasteiger partial charge in [-0.05, 0) is 6.42 Å². The zero-order chi connectivity index (χ0) is 17.4. The van der Waals surface area contributed by atoms with Crippen molar-refractivity contribution in [1.29, 1.82) is 0 Å². The van der Waals surface area contributed by atoms with Gasteiger partial charge in [0.05, 0.1) is 5.25 Å². The number of hydrogen-bond acceptors (Lipinski definition) is 4. The fourth-order valence-electron chi connectivity index (χ4n) is 1.79. The van der Waals surface area contributed by atoms with Crippen molar-refractivity contribution in [2.75, 3.05) is 0 Å². The fourth-order valence-corrected chi connectivity index (χ4v) is 2.41. The topological polar surface area (TPSA) is 18.5 Å². The van der Waals surface area contributed by atoms with Crippen molar-refractivity contribution in [2.24, 2.45) is 0 Å². The largest absolute Gasteiger partial charge is 0.525 e. The Morgan fingerprint density at radius 3 is 1.64 bits per heavy atom. The van der Waals surface area contributed by atoms with Gasteiger partial charge in [-0.2, -0.15) is 12.6 Å². The Kier molecular flexibility index (Phi) is 9.57. The van der Waals surface area contributed by atoms with Crippen LogP contribution in [-0.2, 0) is 9.47 Å². The maximum absolute atomic E-state index is 12.3. The predicted octanol–water partition coefficient (Wildman–Crippen LogP) is 5.69. The van der Waals surface area contributed by atoms with Gasteiger partial charge in [-0.25, -0.2) is 9.47 Å². The van der Waals surface area contributed by atoms with E-state index in [-0.39, 0.29) is 6.42 Å². The van der Waals surface area contributed by atoms with Crippen LogP contribution in [-0.4, -0.2) is 23.1 Å². The lowest BCUT2D eigenvalue weighted by molar-refractivity contribution is -0.450. The summed E-state index contributed by atoms with van der Waals surface area (Å²) < 4.78 is 80.4. The van der Waals surface area contributed by atoms with Gasteiger partial charge in [0, 0.05) is 0 Å². The van der Waals surface area contributed by atoms with Crippen LogP contribution >= 0.6 is 25.3 Å². The molecule has 0 aromatic carbocycles. The maximum Gasteiger partial charge on any atom is 0.525 e. The van der Waals surface area contributed by atoms with E-state index in [9.17, 15) is 26.3 Å². The Hall–Kier alpha value is 0.200. The Bertz CT molecular complexity index is 293. The molecule has 0 amide bonds. The molecule has 0 N–H and O–H groups in total. The molecule has 0 bridgehead atoms. The summed E-state index contributed by atoms with van der Waals surface area (Å²) in [6.45, 7) is 2.03. The van der Waals surface area contributed by atoms with Crippen molar-refractivity contribution in [2.45, 2.75) is 75.0 Å². The van der Waals surface area contributed by atoms with Crippen molar-refractivity contribution in [3.8, 4) is 0 Å². The minimum absolute atomic E-state index is 0.0507. The van der Waals surface area contributed by atoms with E-state index in [2.05, 4.69) is 34.7 Å². The van der Waals surface area contributed by atoms with Crippen LogP contribution < -0.4 is 0 Å². The number of thiol groups is 2. The number of hydrogen-bond donors (Lipinski definition) is 2. The summed E-state index contributed by atoms with van der Waals surface area (Å²) in [5, 5.41) is -4.71. The van der Waals surface area contributed by atoms with Crippen molar-refractivity contribution < 1.29 is 35.8 Å². The standard InChI is InChI=1S/C12H20F6O2S2/c1-2-3-4-5-6-7-8-9(21)10(22,19-11(13,14)15)20-12(16,17)18/h9,21-22H,2-8H2,1H3. The van der Waals surface area contributed by atoms with Crippen LogP contribution in [0.4, 0.5) is 26.3 Å². The molecule has 134 valence electrons. The van der Waals surface area contributed by atoms with Gasteiger partial charge in [0.2, 0.25) is 5.12 Å². The van der Waals surface area contributed by atoms with Crippen molar-refractivity contribution >= 4 is 25.3 Å². The molecule has 0 spiro atoms. The molecule has 0 fully saturated rings. The Morgan fingerprint density at radius 1 is 0.818 bits per heavy atom. The van der Waals surface area contributed by atoms with Gasteiger partial charge in [0.1, 0.15) is 0 Å². The molecule has 0 radical (unpaired) electrons. The quantitative estimate of drug-likeness (QED) is 0.221. The zero-order valence-electron chi connectivity index (χ0n) is 12.0. The van der Waals surface area contributed by atoms with Gasteiger partial charge >= 0.3 is 12.7 Å². The molecule has 0 aromatic rings. The third-order valence-electron chi connectivity index (χ3n) is 2.78. The van der Waals surface area contributed by atoms with E-state index in [0.29, 0.717) is 12.8 Å². The first kappa shape index (κ1) is 22.2. The molecule has 0 rings (SSSR count). The number of unbranched alkanes of at least 4 members (excludes halogenated alkanes) is 5. The lowest BCUT2D eigenvalue weighted by Crippen LogP contribution is -2.47. The molecule has 1 atom stereocenters. The van der Waals surface area contributed by atoms with Gasteiger partial charge in [-0.15, -0.1) is 39.0 Å². The summed E-state index contributed by atoms with van der Waals surface area (Å²) >= 11 is 7.05. The van der Waals surface area contributed by atoms with Crippen LogP contribution in [0.2, 0.25) is 0 Å². The fraction of sp³-hybridized carbons (Fsp3) is 1.00. The predicted molar refractivity (Wildman–Crippen MR) is 76.8 cm³/mol. The molecule has 22 heavy (non-hydrogen) atoms. The van der Waals surface area contributed by atoms with Crippen molar-refractivity contribution in [3.05, 3.63) is 0 Å². The molecule has 0 saturated heterocycles. The first-order valence-corrected chi connectivity index (χ1v) is 7.80. The lowest BCUT2D eigenvalue weighted by Gasteiger charge is -2.34. The summed E-state index contributed by atoms with van der Waals surface area (Å²) in [7, 11) is 0. The minimum Gasteiger partial charge on any atom is -0.248 e. The Morgan fingerprint density at radius 2 is 1.23 bits per heavy atom. The lowest BCUT2D eigenvalue weighted by atomic mass is 10.1. The highest BCUT2D eigenvalue weighted by Crippen LogP contribution is 2.40. The van der Waals surface area contributed by atoms with Crippen LogP contribution in [0, 0.1) is 0 Å². The van der Waals surface area contributed by atoms with E-state index in [4.69, 9.17) is 0 Å². The average molecular weight is 374 g/mol. The summed E-state index contributed by atoms with van der Waals surface area (Å²) in [5.74, 6) is 0. The number of rotatable bonds is 10. The van der Waals surface area contributed by atoms with E-state index >= 15 is 0 Å². The number of alkyl halides is 6. The molecule has 0 aliphatic heterocycles. The maximum atomic E-state index is 12.3. The second-order valence-electron chi connectivity index (χ2n) is 4.80. The van der Waals surface area contributed by atoms with E-state index in [1.165, 1.54) is 0 Å². The van der Waals surface area contributed by atoms with Gasteiger partial charge in [-0.3, -0.25) is 0 Å². The first-order valence-electron chi connectivity index (χ1n) is 6.84. The van der Waals surface area contributed by atoms with Crippen molar-refractivity contribution in [3.63, 3.8) is 0 Å². The molecule has 2 nitrogen and oxygen atoms in total. The molecule has 0 heterocycles. The third-order valence-corrected chi connectivity index (χ3v) is 4.07. The smallest absolute Gasteiger partial charge is 0.248 e. The normalized spacial score (nSPS) is 15.1. The molecular weight excluding hydrogens is 354 g/mol. The number of ether oxygens (including phenoxy) is 2. The summed E-state index contributed by atoms with van der Waals surface area (Å²) in [6.07, 6.45) is -5.72.